The number of urea groups is 1. The third kappa shape index (κ3) is 4.46. The Labute approximate surface area is 182 Å². The number of anilines is 2. The molecule has 1 fully saturated rings. The number of hydrogen-bond donors (Lipinski definition) is 3. The van der Waals surface area contributed by atoms with E-state index in [9.17, 15) is 14.7 Å². The number of carbonyl (C=O) groups is 2. The van der Waals surface area contributed by atoms with E-state index in [0.717, 1.165) is 0 Å². The molecule has 8 nitrogen and oxygen atoms in total. The molecule has 0 aromatic heterocycles. The number of phenols is 1. The zero-order chi connectivity index (χ0) is 21.1. The molecule has 158 valence electrons. The minimum absolute atomic E-state index is 0.0349. The number of piperidine rings is 1. The van der Waals surface area contributed by atoms with Gasteiger partial charge >= 0.3 is 6.03 Å². The van der Waals surface area contributed by atoms with Crippen LogP contribution in [-0.2, 0) is 4.79 Å². The van der Waals surface area contributed by atoms with Gasteiger partial charge < -0.3 is 30.1 Å². The fraction of sp³-hybridized carbons (Fsp3) is 0.333. The van der Waals surface area contributed by atoms with Crippen LogP contribution in [0.2, 0.25) is 0 Å². The molecule has 2 heterocycles. The van der Waals surface area contributed by atoms with E-state index >= 15 is 0 Å². The van der Waals surface area contributed by atoms with Gasteiger partial charge in [0.05, 0.1) is 11.4 Å². The number of hydrogen-bond acceptors (Lipinski definition) is 5. The van der Waals surface area contributed by atoms with Gasteiger partial charge in [0, 0.05) is 35.6 Å². The highest BCUT2D eigenvalue weighted by atomic mass is 79.9. The fourth-order valence-electron chi connectivity index (χ4n) is 3.51. The number of ether oxygens (including phenoxy) is 2. The first-order valence-corrected chi connectivity index (χ1v) is 10.5. The van der Waals surface area contributed by atoms with Gasteiger partial charge in [-0.3, -0.25) is 4.79 Å². The first kappa shape index (κ1) is 20.3. The second-order valence-electron chi connectivity index (χ2n) is 7.17. The topological polar surface area (TPSA) is 100 Å². The molecule has 2 aromatic carbocycles. The Morgan fingerprint density at radius 3 is 2.37 bits per heavy atom. The number of amides is 3. The highest BCUT2D eigenvalue weighted by Crippen LogP contribution is 2.38. The lowest BCUT2D eigenvalue weighted by Gasteiger charge is -2.31. The van der Waals surface area contributed by atoms with Crippen LogP contribution in [0.5, 0.6) is 17.2 Å². The maximum atomic E-state index is 12.7. The van der Waals surface area contributed by atoms with E-state index in [1.54, 1.807) is 35.2 Å². The zero-order valence-corrected chi connectivity index (χ0v) is 17.8. The average Bonchev–Trinajstić information content (AvgIpc) is 2.76. The number of aromatic hydroxyl groups is 1. The highest BCUT2D eigenvalue weighted by Gasteiger charge is 2.28. The Balaban J connectivity index is 1.32. The summed E-state index contributed by atoms with van der Waals surface area (Å²) in [6, 6.07) is 9.91. The lowest BCUT2D eigenvalue weighted by atomic mass is 9.96. The van der Waals surface area contributed by atoms with Crippen molar-refractivity contribution in [2.75, 3.05) is 36.9 Å². The maximum Gasteiger partial charge on any atom is 0.321 e. The van der Waals surface area contributed by atoms with Crippen LogP contribution < -0.4 is 20.1 Å². The third-order valence-electron chi connectivity index (χ3n) is 5.19. The van der Waals surface area contributed by atoms with Gasteiger partial charge in [0.15, 0.2) is 11.5 Å². The van der Waals surface area contributed by atoms with E-state index in [1.165, 1.54) is 6.07 Å². The van der Waals surface area contributed by atoms with Crippen molar-refractivity contribution in [1.82, 2.24) is 4.90 Å². The van der Waals surface area contributed by atoms with Crippen LogP contribution in [-0.4, -0.2) is 48.2 Å². The van der Waals surface area contributed by atoms with Gasteiger partial charge in [0.25, 0.3) is 0 Å². The summed E-state index contributed by atoms with van der Waals surface area (Å²) in [5.74, 6) is 0.912. The summed E-state index contributed by atoms with van der Waals surface area (Å²) in [5.41, 5.74) is 0.995. The lowest BCUT2D eigenvalue weighted by Crippen LogP contribution is -2.43. The Bertz CT molecular complexity index is 960. The van der Waals surface area contributed by atoms with Gasteiger partial charge in [-0.1, -0.05) is 12.1 Å². The largest absolute Gasteiger partial charge is 0.506 e. The minimum Gasteiger partial charge on any atom is -0.506 e. The van der Waals surface area contributed by atoms with Crippen molar-refractivity contribution in [2.45, 2.75) is 12.8 Å². The monoisotopic (exact) mass is 475 g/mol. The summed E-state index contributed by atoms with van der Waals surface area (Å²) in [4.78, 5) is 26.9. The molecule has 0 aliphatic carbocycles. The van der Waals surface area contributed by atoms with E-state index < -0.39 is 0 Å². The van der Waals surface area contributed by atoms with Crippen molar-refractivity contribution in [3.63, 3.8) is 0 Å². The summed E-state index contributed by atoms with van der Waals surface area (Å²) in [6.45, 7) is 1.90. The SMILES string of the molecule is O=C(Nc1ccccc1O)C1CCN(C(=O)Nc2cc3c(cc2Br)OCCO3)CC1. The van der Waals surface area contributed by atoms with E-state index in [0.29, 0.717) is 66.5 Å². The van der Waals surface area contributed by atoms with Gasteiger partial charge in [-0.15, -0.1) is 0 Å². The molecule has 0 unspecified atom stereocenters. The van der Waals surface area contributed by atoms with Crippen LogP contribution in [0, 0.1) is 5.92 Å². The smallest absolute Gasteiger partial charge is 0.321 e. The average molecular weight is 476 g/mol. The molecule has 30 heavy (non-hydrogen) atoms. The maximum absolute atomic E-state index is 12.7. The Hall–Kier alpha value is -2.94. The Kier molecular flexibility index (Phi) is 5.98. The molecule has 3 amide bonds. The van der Waals surface area contributed by atoms with Crippen LogP contribution in [0.25, 0.3) is 0 Å². The van der Waals surface area contributed by atoms with Crippen LogP contribution in [0.15, 0.2) is 40.9 Å². The molecule has 0 atom stereocenters. The number of likely N-dealkylation sites (tertiary alicyclic amines) is 1. The molecule has 2 aliphatic heterocycles. The van der Waals surface area contributed by atoms with Crippen molar-refractivity contribution >= 4 is 39.2 Å². The van der Waals surface area contributed by atoms with Gasteiger partial charge in [-0.25, -0.2) is 4.79 Å². The molecule has 2 aliphatic rings. The van der Waals surface area contributed by atoms with Crippen LogP contribution in [0.1, 0.15) is 12.8 Å². The second-order valence-corrected chi connectivity index (χ2v) is 8.03. The lowest BCUT2D eigenvalue weighted by molar-refractivity contribution is -0.121. The molecular formula is C21H22BrN3O5. The van der Waals surface area contributed by atoms with Crippen LogP contribution in [0.4, 0.5) is 16.2 Å². The predicted molar refractivity (Wildman–Crippen MR) is 115 cm³/mol. The number of rotatable bonds is 3. The molecule has 0 bridgehead atoms. The quantitative estimate of drug-likeness (QED) is 0.586. The van der Waals surface area contributed by atoms with Crippen molar-refractivity contribution in [2.24, 2.45) is 5.92 Å². The van der Waals surface area contributed by atoms with Gasteiger partial charge in [-0.2, -0.15) is 0 Å². The standard InChI is InChI=1S/C21H22BrN3O5/c22-14-11-18-19(30-10-9-29-18)12-16(14)24-21(28)25-7-5-13(6-8-25)20(27)23-15-3-1-2-4-17(15)26/h1-4,11-13,26H,5-10H2,(H,23,27)(H,24,28). The number of para-hydroxylation sites is 2. The Morgan fingerprint density at radius 2 is 1.67 bits per heavy atom. The summed E-state index contributed by atoms with van der Waals surface area (Å²) < 4.78 is 11.8. The fourth-order valence-corrected chi connectivity index (χ4v) is 3.93. The molecule has 3 N–H and O–H groups in total. The first-order chi connectivity index (χ1) is 14.5. The van der Waals surface area contributed by atoms with Gasteiger partial charge in [0.2, 0.25) is 5.91 Å². The third-order valence-corrected chi connectivity index (χ3v) is 5.84. The van der Waals surface area contributed by atoms with Crippen molar-refractivity contribution < 1.29 is 24.2 Å². The number of fused-ring (bicyclic) bond motifs is 1. The molecule has 1 saturated heterocycles. The summed E-state index contributed by atoms with van der Waals surface area (Å²) in [6.07, 6.45) is 1.10. The summed E-state index contributed by atoms with van der Waals surface area (Å²) >= 11 is 3.45. The second kappa shape index (κ2) is 8.83. The molecule has 9 heteroatoms. The summed E-state index contributed by atoms with van der Waals surface area (Å²) in [7, 11) is 0. The van der Waals surface area contributed by atoms with E-state index in [-0.39, 0.29) is 23.6 Å². The Morgan fingerprint density at radius 1 is 1.00 bits per heavy atom. The minimum atomic E-state index is -0.230. The molecular weight excluding hydrogens is 454 g/mol. The van der Waals surface area contributed by atoms with Crippen molar-refractivity contribution in [3.8, 4) is 17.2 Å². The molecule has 0 saturated carbocycles. The zero-order valence-electron chi connectivity index (χ0n) is 16.2. The van der Waals surface area contributed by atoms with Crippen molar-refractivity contribution in [1.29, 1.82) is 0 Å². The van der Waals surface area contributed by atoms with Crippen molar-refractivity contribution in [3.05, 3.63) is 40.9 Å². The van der Waals surface area contributed by atoms with E-state index in [4.69, 9.17) is 9.47 Å². The van der Waals surface area contributed by atoms with Gasteiger partial charge in [0.1, 0.15) is 19.0 Å². The van der Waals surface area contributed by atoms with E-state index in [1.807, 2.05) is 0 Å². The van der Waals surface area contributed by atoms with Gasteiger partial charge in [-0.05, 0) is 40.9 Å². The highest BCUT2D eigenvalue weighted by molar-refractivity contribution is 9.10. The number of nitrogens with one attached hydrogen (secondary N) is 2. The van der Waals surface area contributed by atoms with E-state index in [2.05, 4.69) is 26.6 Å². The molecule has 0 radical (unpaired) electrons. The predicted octanol–water partition coefficient (Wildman–Crippen LogP) is 3.81. The first-order valence-electron chi connectivity index (χ1n) is 9.75. The molecule has 4 rings (SSSR count). The number of benzene rings is 2. The van der Waals surface area contributed by atoms with Crippen LogP contribution in [0.3, 0.4) is 0 Å². The van der Waals surface area contributed by atoms with Crippen LogP contribution >= 0.6 is 15.9 Å². The number of halogens is 1. The molecule has 0 spiro atoms. The number of carbonyl (C=O) groups excluding carboxylic acids is 2. The summed E-state index contributed by atoms with van der Waals surface area (Å²) in [5, 5.41) is 15.5. The normalized spacial score (nSPS) is 16.1. The number of nitrogens with zero attached hydrogens (tertiary/aromatic N) is 1. The molecule has 2 aromatic rings. The number of phenolic OH excluding ortho intramolecular Hbond substituents is 1.